The van der Waals surface area contributed by atoms with Crippen molar-refractivity contribution in [2.24, 2.45) is 5.92 Å². The van der Waals surface area contributed by atoms with Gasteiger partial charge in [0.15, 0.2) is 16.4 Å². The fourth-order valence-corrected chi connectivity index (χ4v) is 7.32. The van der Waals surface area contributed by atoms with Crippen molar-refractivity contribution < 1.29 is 45.1 Å². The largest absolute Gasteiger partial charge is 0.450 e. The van der Waals surface area contributed by atoms with Crippen LogP contribution in [0.2, 0.25) is 5.15 Å². The minimum atomic E-state index is -5.05. The van der Waals surface area contributed by atoms with Gasteiger partial charge in [0.1, 0.15) is 46.3 Å². The zero-order valence-corrected chi connectivity index (χ0v) is 28.8. The van der Waals surface area contributed by atoms with Crippen molar-refractivity contribution in [1.82, 2.24) is 30.3 Å². The van der Waals surface area contributed by atoms with Crippen LogP contribution in [0.5, 0.6) is 0 Å². The second-order valence-electron chi connectivity index (χ2n) is 13.9. The van der Waals surface area contributed by atoms with E-state index in [9.17, 15) is 31.9 Å². The second kappa shape index (κ2) is 12.3. The Morgan fingerprint density at radius 1 is 1.13 bits per heavy atom. The van der Waals surface area contributed by atoms with E-state index < -0.39 is 76.6 Å². The van der Waals surface area contributed by atoms with Gasteiger partial charge in [-0.05, 0) is 74.4 Å². The van der Waals surface area contributed by atoms with Crippen molar-refractivity contribution in [3.8, 4) is 23.0 Å². The molecule has 4 aromatic heterocycles. The fourth-order valence-electron chi connectivity index (χ4n) is 7.15. The number of benzene rings is 2. The number of nitrogens with zero attached hydrogens (tertiary/aromatic N) is 4. The van der Waals surface area contributed by atoms with Crippen LogP contribution in [0.3, 0.4) is 0 Å². The number of rotatable bonds is 7. The zero-order valence-electron chi connectivity index (χ0n) is 28.0. The molecule has 2 aliphatic rings. The lowest BCUT2D eigenvalue weighted by Gasteiger charge is -2.23. The highest BCUT2D eigenvalue weighted by atomic mass is 35.5. The van der Waals surface area contributed by atoms with Crippen molar-refractivity contribution in [2.75, 3.05) is 0 Å². The lowest BCUT2D eigenvalue weighted by molar-refractivity contribution is -0.142. The number of halogens is 8. The Bertz CT molecular complexity index is 2560. The van der Waals surface area contributed by atoms with Gasteiger partial charge in [-0.1, -0.05) is 29.7 Å². The summed E-state index contributed by atoms with van der Waals surface area (Å²) in [7, 11) is 0. The molecule has 8 rings (SSSR count). The van der Waals surface area contributed by atoms with Crippen molar-refractivity contribution >= 4 is 39.6 Å². The molecular weight excluding hydrogens is 745 g/mol. The molecule has 4 heterocycles. The Balaban J connectivity index is 1.26. The maximum absolute atomic E-state index is 15.3. The first-order valence-electron chi connectivity index (χ1n) is 16.5. The van der Waals surface area contributed by atoms with Crippen LogP contribution in [0.25, 0.3) is 33.2 Å². The molecule has 0 spiro atoms. The van der Waals surface area contributed by atoms with Gasteiger partial charge in [-0.25, -0.2) is 13.8 Å². The monoisotopic (exact) mass is 770 g/mol. The van der Waals surface area contributed by atoms with Crippen molar-refractivity contribution in [3.63, 3.8) is 0 Å². The molecule has 3 atom stereocenters. The zero-order chi connectivity index (χ0) is 38.5. The number of furan rings is 1. The molecule has 0 saturated heterocycles. The molecule has 9 nitrogen and oxygen atoms in total. The van der Waals surface area contributed by atoms with Crippen LogP contribution in [0, 0.1) is 29.4 Å². The van der Waals surface area contributed by atoms with E-state index in [-0.39, 0.29) is 40.5 Å². The summed E-state index contributed by atoms with van der Waals surface area (Å²) in [6.45, 7) is 1.84. The summed E-state index contributed by atoms with van der Waals surface area (Å²) >= 11 is 6.24. The molecule has 0 radical (unpaired) electrons. The molecule has 0 unspecified atom stereocenters. The number of alkyl halides is 5. The van der Waals surface area contributed by atoms with Gasteiger partial charge in [-0.15, -0.1) is 0 Å². The molecular formula is C37H26ClF7N6O3. The van der Waals surface area contributed by atoms with Gasteiger partial charge < -0.3 is 14.8 Å². The van der Waals surface area contributed by atoms with Gasteiger partial charge in [0.25, 0.3) is 5.92 Å². The van der Waals surface area contributed by atoms with Gasteiger partial charge in [-0.3, -0.25) is 14.6 Å². The Hall–Kier alpha value is -5.40. The van der Waals surface area contributed by atoms with Crippen molar-refractivity contribution in [3.05, 3.63) is 99.2 Å². The number of fused-ring (bicyclic) bond motifs is 6. The maximum atomic E-state index is 15.3. The standard InChI is InChI=1S/C37H26ClF7N6O3/c1-35(2,53)9-8-19-6-7-20(21-4-3-5-22-29-31(54-30(21)22)34(38)49-48-29)28(46-19)25(12-16-10-17(39)13-18(40)11-16)47-26(52)15-51-33-27(32(50-51)37(43,44)45)23-14-24(23)36(33,41)42/h3-7,10-11,13,23-25,53H,12,14-15H2,1-2H3,(H,47,52)(H,48,49)/t23-,24+,25-/m0/s1. The lowest BCUT2D eigenvalue weighted by Crippen LogP contribution is -2.35. The van der Waals surface area contributed by atoms with Crippen LogP contribution in [-0.2, 0) is 29.9 Å². The first-order valence-corrected chi connectivity index (χ1v) is 16.9. The Morgan fingerprint density at radius 3 is 2.57 bits per heavy atom. The van der Waals surface area contributed by atoms with Gasteiger partial charge in [0.05, 0.1) is 11.7 Å². The number of hydrogen-bond acceptors (Lipinski definition) is 6. The SMILES string of the molecule is CC(C)(O)C#Cc1ccc(-c2cccc3c2oc2c(Cl)n[nH]c23)c([C@H](Cc2cc(F)cc(F)c2)NC(=O)Cn2nc(C(F)(F)F)c3c2C(F)(F)[C@@H]2C[C@H]32)n1. The molecule has 1 amide bonds. The van der Waals surface area contributed by atoms with E-state index in [1.807, 2.05) is 0 Å². The van der Waals surface area contributed by atoms with Crippen LogP contribution in [0.1, 0.15) is 66.1 Å². The van der Waals surface area contributed by atoms with E-state index >= 15 is 8.78 Å². The number of amides is 1. The maximum Gasteiger partial charge on any atom is 0.435 e. The normalized spacial score (nSPS) is 18.0. The van der Waals surface area contributed by atoms with E-state index in [4.69, 9.17) is 16.0 Å². The van der Waals surface area contributed by atoms with Gasteiger partial charge in [0.2, 0.25) is 5.91 Å². The molecule has 6 aromatic rings. The minimum Gasteiger partial charge on any atom is -0.450 e. The number of carbonyl (C=O) groups excluding carboxylic acids is 1. The number of aromatic amines is 1. The number of aromatic nitrogens is 5. The number of carbonyl (C=O) groups is 1. The third-order valence-corrected chi connectivity index (χ3v) is 9.66. The van der Waals surface area contributed by atoms with E-state index in [1.54, 1.807) is 24.3 Å². The van der Waals surface area contributed by atoms with Crippen LogP contribution in [0.15, 0.2) is 52.9 Å². The predicted molar refractivity (Wildman–Crippen MR) is 180 cm³/mol. The molecule has 278 valence electrons. The molecule has 2 aliphatic carbocycles. The summed E-state index contributed by atoms with van der Waals surface area (Å²) in [5.41, 5.74) is -2.50. The Labute approximate surface area is 305 Å². The molecule has 0 bridgehead atoms. The lowest BCUT2D eigenvalue weighted by atomic mass is 9.94. The average Bonchev–Trinajstić information content (AvgIpc) is 3.34. The fraction of sp³-hybridized carbons (Fsp3) is 0.297. The third kappa shape index (κ3) is 6.24. The minimum absolute atomic E-state index is 0.0480. The smallest absolute Gasteiger partial charge is 0.435 e. The third-order valence-electron chi connectivity index (χ3n) is 9.40. The van der Waals surface area contributed by atoms with E-state index in [2.05, 4.69) is 37.4 Å². The number of hydrogen-bond donors (Lipinski definition) is 3. The molecule has 3 N–H and O–H groups in total. The quantitative estimate of drug-likeness (QED) is 0.112. The van der Waals surface area contributed by atoms with Crippen LogP contribution in [-0.4, -0.2) is 41.6 Å². The Morgan fingerprint density at radius 2 is 1.87 bits per heavy atom. The highest BCUT2D eigenvalue weighted by molar-refractivity contribution is 6.34. The van der Waals surface area contributed by atoms with Gasteiger partial charge in [-0.2, -0.15) is 32.1 Å². The van der Waals surface area contributed by atoms with E-state index in [1.165, 1.54) is 19.9 Å². The summed E-state index contributed by atoms with van der Waals surface area (Å²) in [6, 6.07) is 9.61. The van der Waals surface area contributed by atoms with E-state index in [0.717, 1.165) is 12.1 Å². The first kappa shape index (κ1) is 35.6. The first-order chi connectivity index (χ1) is 25.4. The number of para-hydroxylation sites is 1. The summed E-state index contributed by atoms with van der Waals surface area (Å²) < 4.78 is 108. The number of nitrogens with one attached hydrogen (secondary N) is 2. The molecule has 1 saturated carbocycles. The summed E-state index contributed by atoms with van der Waals surface area (Å²) in [6.07, 6.45) is -5.51. The highest BCUT2D eigenvalue weighted by Gasteiger charge is 2.68. The average molecular weight is 771 g/mol. The molecule has 17 heteroatoms. The van der Waals surface area contributed by atoms with Crippen LogP contribution in [0.4, 0.5) is 30.7 Å². The molecule has 54 heavy (non-hydrogen) atoms. The highest BCUT2D eigenvalue weighted by Crippen LogP contribution is 2.68. The van der Waals surface area contributed by atoms with E-state index in [0.29, 0.717) is 38.4 Å². The summed E-state index contributed by atoms with van der Waals surface area (Å²) in [5.74, 6) is -3.50. The number of aliphatic hydroxyl groups is 1. The second-order valence-corrected chi connectivity index (χ2v) is 14.2. The predicted octanol–water partition coefficient (Wildman–Crippen LogP) is 7.95. The topological polar surface area (TPSA) is 122 Å². The Kier molecular flexibility index (Phi) is 8.13. The van der Waals surface area contributed by atoms with Crippen molar-refractivity contribution in [2.45, 2.75) is 62.9 Å². The summed E-state index contributed by atoms with van der Waals surface area (Å²) in [5, 5.41) is 23.8. The van der Waals surface area contributed by atoms with Gasteiger partial charge >= 0.3 is 6.18 Å². The molecule has 2 aromatic carbocycles. The van der Waals surface area contributed by atoms with Gasteiger partial charge in [0, 0.05) is 34.1 Å². The molecule has 1 fully saturated rings. The van der Waals surface area contributed by atoms with Crippen LogP contribution >= 0.6 is 11.6 Å². The van der Waals surface area contributed by atoms with Crippen LogP contribution < -0.4 is 5.32 Å². The summed E-state index contributed by atoms with van der Waals surface area (Å²) in [4.78, 5) is 18.5. The van der Waals surface area contributed by atoms with Crippen molar-refractivity contribution in [1.29, 1.82) is 0 Å². The molecule has 0 aliphatic heterocycles. The number of H-pyrrole nitrogens is 1. The number of pyridine rings is 1.